The lowest BCUT2D eigenvalue weighted by atomic mass is 10.1. The smallest absolute Gasteiger partial charge is 0.340 e. The van der Waals surface area contributed by atoms with Crippen LogP contribution in [0.15, 0.2) is 24.3 Å². The first-order chi connectivity index (χ1) is 9.93. The van der Waals surface area contributed by atoms with Gasteiger partial charge in [0.2, 0.25) is 5.91 Å². The molecule has 4 N–H and O–H groups in total. The number of benzene rings is 1. The predicted molar refractivity (Wildman–Crippen MR) is 77.5 cm³/mol. The highest BCUT2D eigenvalue weighted by Crippen LogP contribution is 2.17. The van der Waals surface area contributed by atoms with Crippen molar-refractivity contribution in [2.24, 2.45) is 5.92 Å². The number of anilines is 1. The van der Waals surface area contributed by atoms with E-state index in [-0.39, 0.29) is 23.7 Å². The van der Waals surface area contributed by atoms with Crippen molar-refractivity contribution < 1.29 is 19.5 Å². The van der Waals surface area contributed by atoms with Gasteiger partial charge in [0, 0.05) is 0 Å². The molecule has 0 bridgehead atoms. The second-order valence-electron chi connectivity index (χ2n) is 4.85. The van der Waals surface area contributed by atoms with Gasteiger partial charge >= 0.3 is 5.97 Å². The monoisotopic (exact) mass is 293 g/mol. The highest BCUT2D eigenvalue weighted by Gasteiger charge is 2.15. The quantitative estimate of drug-likeness (QED) is 0.276. The van der Waals surface area contributed by atoms with Crippen LogP contribution in [0.4, 0.5) is 5.69 Å². The van der Waals surface area contributed by atoms with Crippen LogP contribution < -0.4 is 10.8 Å². The van der Waals surface area contributed by atoms with Crippen LogP contribution in [0.25, 0.3) is 0 Å². The second-order valence-corrected chi connectivity index (χ2v) is 4.85. The van der Waals surface area contributed by atoms with Crippen molar-refractivity contribution in [3.05, 3.63) is 29.8 Å². The molecule has 7 nitrogen and oxygen atoms in total. The molecular weight excluding hydrogens is 274 g/mol. The van der Waals surface area contributed by atoms with Crippen molar-refractivity contribution in [1.82, 2.24) is 5.48 Å². The van der Waals surface area contributed by atoms with Gasteiger partial charge in [-0.25, -0.2) is 4.79 Å². The van der Waals surface area contributed by atoms with Crippen LogP contribution in [0.1, 0.15) is 30.6 Å². The Balaban J connectivity index is 2.77. The van der Waals surface area contributed by atoms with E-state index in [1.807, 2.05) is 13.8 Å². The van der Waals surface area contributed by atoms with E-state index >= 15 is 0 Å². The third kappa shape index (κ3) is 5.62. The molecule has 0 saturated carbocycles. The van der Waals surface area contributed by atoms with Crippen LogP contribution in [-0.2, 0) is 9.53 Å². The molecule has 0 spiro atoms. The van der Waals surface area contributed by atoms with Gasteiger partial charge in [-0.05, 0) is 18.1 Å². The molecule has 1 aromatic carbocycles. The zero-order valence-electron chi connectivity index (χ0n) is 12.0. The maximum Gasteiger partial charge on any atom is 0.340 e. The topological polar surface area (TPSA) is 112 Å². The van der Waals surface area contributed by atoms with Crippen LogP contribution in [0.3, 0.4) is 0 Å². The van der Waals surface area contributed by atoms with Crippen molar-refractivity contribution in [2.45, 2.75) is 20.3 Å². The standard InChI is InChI=1S/C14H19N3O4/c1-9(2)8-21-14(19)10-5-3-4-6-11(10)16-13(18)7-12(15)17-20/h3-6,9,20H,7-8H2,1-2H3,(H2,15,17)(H,16,18). The summed E-state index contributed by atoms with van der Waals surface area (Å²) >= 11 is 0. The lowest BCUT2D eigenvalue weighted by molar-refractivity contribution is -0.115. The number of esters is 1. The van der Waals surface area contributed by atoms with Gasteiger partial charge in [-0.15, -0.1) is 0 Å². The number of para-hydroxylation sites is 1. The lowest BCUT2D eigenvalue weighted by Crippen LogP contribution is -2.25. The number of amides is 1. The van der Waals surface area contributed by atoms with E-state index in [4.69, 9.17) is 15.4 Å². The number of carbonyl (C=O) groups excluding carboxylic acids is 2. The number of carbonyl (C=O) groups is 2. The number of amidine groups is 1. The Morgan fingerprint density at radius 3 is 2.62 bits per heavy atom. The Kier molecular flexibility index (Phi) is 6.35. The first kappa shape index (κ1) is 16.6. The van der Waals surface area contributed by atoms with Crippen molar-refractivity contribution in [3.63, 3.8) is 0 Å². The average molecular weight is 293 g/mol. The van der Waals surface area contributed by atoms with Gasteiger partial charge in [-0.3, -0.25) is 20.9 Å². The minimum Gasteiger partial charge on any atom is -0.462 e. The lowest BCUT2D eigenvalue weighted by Gasteiger charge is -2.12. The molecule has 1 rings (SSSR count). The summed E-state index contributed by atoms with van der Waals surface area (Å²) in [7, 11) is 0. The van der Waals surface area contributed by atoms with Gasteiger partial charge in [-0.2, -0.15) is 0 Å². The van der Waals surface area contributed by atoms with Crippen molar-refractivity contribution in [2.75, 3.05) is 11.9 Å². The number of ether oxygens (including phenoxy) is 1. The molecule has 0 atom stereocenters. The Morgan fingerprint density at radius 2 is 2.00 bits per heavy atom. The van der Waals surface area contributed by atoms with Gasteiger partial charge in [0.1, 0.15) is 5.84 Å². The SMILES string of the molecule is CC(C)COC(=O)c1ccccc1NC(=O)CC(=N)NO. The summed E-state index contributed by atoms with van der Waals surface area (Å²) in [6.07, 6.45) is -0.328. The maximum atomic E-state index is 12.0. The second kappa shape index (κ2) is 8.01. The zero-order chi connectivity index (χ0) is 15.8. The van der Waals surface area contributed by atoms with Crippen LogP contribution in [0.2, 0.25) is 0 Å². The van der Waals surface area contributed by atoms with Crippen LogP contribution in [0.5, 0.6) is 0 Å². The third-order valence-corrected chi connectivity index (χ3v) is 2.44. The summed E-state index contributed by atoms with van der Waals surface area (Å²) in [6, 6.07) is 6.46. The number of nitrogens with one attached hydrogen (secondary N) is 3. The molecule has 0 aliphatic rings. The van der Waals surface area contributed by atoms with E-state index in [2.05, 4.69) is 5.32 Å². The Morgan fingerprint density at radius 1 is 1.33 bits per heavy atom. The Labute approximate surface area is 122 Å². The van der Waals surface area contributed by atoms with Gasteiger partial charge in [0.15, 0.2) is 0 Å². The molecule has 1 aromatic rings. The first-order valence-corrected chi connectivity index (χ1v) is 6.47. The fourth-order valence-electron chi connectivity index (χ4n) is 1.48. The Bertz CT molecular complexity index is 529. The molecule has 0 aliphatic heterocycles. The molecule has 0 aromatic heterocycles. The van der Waals surface area contributed by atoms with E-state index < -0.39 is 11.9 Å². The molecule has 21 heavy (non-hydrogen) atoms. The fraction of sp³-hybridized carbons (Fsp3) is 0.357. The summed E-state index contributed by atoms with van der Waals surface area (Å²) in [5.41, 5.74) is 2.14. The summed E-state index contributed by atoms with van der Waals surface area (Å²) in [4.78, 5) is 23.6. The molecular formula is C14H19N3O4. The van der Waals surface area contributed by atoms with E-state index in [0.29, 0.717) is 12.3 Å². The molecule has 0 aliphatic carbocycles. The zero-order valence-corrected chi connectivity index (χ0v) is 12.0. The summed E-state index contributed by atoms with van der Waals surface area (Å²) < 4.78 is 5.13. The summed E-state index contributed by atoms with van der Waals surface area (Å²) in [5.74, 6) is -1.17. The van der Waals surface area contributed by atoms with Crippen LogP contribution in [-0.4, -0.2) is 29.5 Å². The van der Waals surface area contributed by atoms with E-state index in [1.54, 1.807) is 29.7 Å². The minimum absolute atomic E-state index is 0.215. The highest BCUT2D eigenvalue weighted by atomic mass is 16.5. The van der Waals surface area contributed by atoms with Crippen LogP contribution in [0, 0.1) is 11.3 Å². The van der Waals surface area contributed by atoms with Gasteiger partial charge < -0.3 is 10.1 Å². The van der Waals surface area contributed by atoms with Gasteiger partial charge in [0.05, 0.1) is 24.3 Å². The molecule has 0 fully saturated rings. The highest BCUT2D eigenvalue weighted by molar-refractivity contribution is 6.07. The average Bonchev–Trinajstić information content (AvgIpc) is 2.45. The molecule has 1 amide bonds. The summed E-state index contributed by atoms with van der Waals surface area (Å²) in [6.45, 7) is 4.14. The minimum atomic E-state index is -0.523. The number of rotatable bonds is 6. The van der Waals surface area contributed by atoms with Gasteiger partial charge in [0.25, 0.3) is 0 Å². The van der Waals surface area contributed by atoms with Crippen molar-refractivity contribution >= 4 is 23.4 Å². The normalized spacial score (nSPS) is 10.1. The molecule has 0 radical (unpaired) electrons. The largest absolute Gasteiger partial charge is 0.462 e. The molecule has 7 heteroatoms. The summed E-state index contributed by atoms with van der Waals surface area (Å²) in [5, 5.41) is 18.2. The third-order valence-electron chi connectivity index (χ3n) is 2.44. The number of hydrogen-bond donors (Lipinski definition) is 4. The number of hydrogen-bond acceptors (Lipinski definition) is 5. The predicted octanol–water partition coefficient (Wildman–Crippen LogP) is 1.78. The van der Waals surface area contributed by atoms with Crippen molar-refractivity contribution in [3.8, 4) is 0 Å². The van der Waals surface area contributed by atoms with Crippen LogP contribution >= 0.6 is 0 Å². The molecule has 114 valence electrons. The van der Waals surface area contributed by atoms with Gasteiger partial charge in [-0.1, -0.05) is 26.0 Å². The first-order valence-electron chi connectivity index (χ1n) is 6.47. The van der Waals surface area contributed by atoms with Crippen molar-refractivity contribution in [1.29, 1.82) is 5.41 Å². The Hall–Kier alpha value is -2.41. The van der Waals surface area contributed by atoms with E-state index in [1.165, 1.54) is 0 Å². The molecule has 0 saturated heterocycles. The molecule has 0 heterocycles. The molecule has 0 unspecified atom stereocenters. The number of hydroxylamine groups is 1. The van der Waals surface area contributed by atoms with E-state index in [0.717, 1.165) is 0 Å². The van der Waals surface area contributed by atoms with E-state index in [9.17, 15) is 9.59 Å². The fourth-order valence-corrected chi connectivity index (χ4v) is 1.48. The maximum absolute atomic E-state index is 12.0.